The summed E-state index contributed by atoms with van der Waals surface area (Å²) in [5.74, 6) is 0.784. The van der Waals surface area contributed by atoms with Crippen LogP contribution in [0.5, 0.6) is 5.75 Å². The van der Waals surface area contributed by atoms with Gasteiger partial charge in [0.15, 0.2) is 0 Å². The molecule has 0 spiro atoms. The number of fused-ring (bicyclic) bond motifs is 1. The van der Waals surface area contributed by atoms with Crippen LogP contribution in [0, 0.1) is 11.7 Å². The van der Waals surface area contributed by atoms with Crippen LogP contribution in [0.15, 0.2) is 36.4 Å². The topological polar surface area (TPSA) is 35.5 Å². The van der Waals surface area contributed by atoms with Crippen LogP contribution in [0.2, 0.25) is 0 Å². The first-order valence-electron chi connectivity index (χ1n) is 10.2. The smallest absolute Gasteiger partial charge is 0.139 e. The number of phenolic OH excluding ortho intramolecular Hbond substituents is 1. The predicted molar refractivity (Wildman–Crippen MR) is 106 cm³/mol. The molecule has 2 aromatic carbocycles. The molecule has 2 aromatic rings. The molecule has 1 saturated carbocycles. The minimum absolute atomic E-state index is 0.242. The molecule has 3 nitrogen and oxygen atoms in total. The number of rotatable bonds is 2. The summed E-state index contributed by atoms with van der Waals surface area (Å²) in [7, 11) is 1.93. The van der Waals surface area contributed by atoms with Gasteiger partial charge < -0.3 is 15.3 Å². The molecule has 2 fully saturated rings. The summed E-state index contributed by atoms with van der Waals surface area (Å²) in [5.41, 5.74) is 4.66. The molecule has 5 rings (SSSR count). The highest BCUT2D eigenvalue weighted by Crippen LogP contribution is 2.55. The second-order valence-corrected chi connectivity index (χ2v) is 8.56. The number of halogens is 1. The molecule has 0 amide bonds. The van der Waals surface area contributed by atoms with Crippen molar-refractivity contribution in [2.45, 2.75) is 50.0 Å². The number of benzene rings is 2. The highest BCUT2D eigenvalue weighted by atomic mass is 19.1. The fourth-order valence-electron chi connectivity index (χ4n) is 6.03. The molecule has 27 heavy (non-hydrogen) atoms. The number of nitrogens with zero attached hydrogens (tertiary/aromatic N) is 1. The van der Waals surface area contributed by atoms with E-state index in [1.54, 1.807) is 12.1 Å². The van der Waals surface area contributed by atoms with Crippen LogP contribution in [-0.4, -0.2) is 24.7 Å². The Morgan fingerprint density at radius 3 is 2.78 bits per heavy atom. The van der Waals surface area contributed by atoms with Gasteiger partial charge in [0.05, 0.1) is 5.69 Å². The Morgan fingerprint density at radius 1 is 1.15 bits per heavy atom. The van der Waals surface area contributed by atoms with Crippen molar-refractivity contribution in [3.05, 3.63) is 53.3 Å². The Bertz CT molecular complexity index is 861. The van der Waals surface area contributed by atoms with Crippen LogP contribution >= 0.6 is 0 Å². The maximum atomic E-state index is 13.3. The molecule has 3 atom stereocenters. The second-order valence-electron chi connectivity index (χ2n) is 8.56. The minimum atomic E-state index is -0.247. The van der Waals surface area contributed by atoms with E-state index >= 15 is 0 Å². The molecule has 0 radical (unpaired) electrons. The standard InChI is InChI=1S/C23H27FN2O/c1-26(17-7-5-16(24)6-8-17)21-13-15-12-20-18-4-2-3-9-23(18,10-11-25-20)19(15)14-22(21)27/h5-8,13-14,18,20,25,27H,2-4,9-12H2,1H3/t18-,20+,23+/m0/s1. The molecule has 2 aliphatic carbocycles. The van der Waals surface area contributed by atoms with Crippen LogP contribution in [0.1, 0.15) is 43.2 Å². The third kappa shape index (κ3) is 2.57. The van der Waals surface area contributed by atoms with Crippen LogP contribution in [0.3, 0.4) is 0 Å². The van der Waals surface area contributed by atoms with Crippen molar-refractivity contribution < 1.29 is 9.50 Å². The van der Waals surface area contributed by atoms with Gasteiger partial charge in [-0.15, -0.1) is 0 Å². The minimum Gasteiger partial charge on any atom is -0.506 e. The number of anilines is 2. The van der Waals surface area contributed by atoms with E-state index in [9.17, 15) is 9.50 Å². The summed E-state index contributed by atoms with van der Waals surface area (Å²) in [6.07, 6.45) is 7.38. The van der Waals surface area contributed by atoms with Gasteiger partial charge in [0.25, 0.3) is 0 Å². The molecule has 1 saturated heterocycles. The van der Waals surface area contributed by atoms with E-state index < -0.39 is 0 Å². The van der Waals surface area contributed by atoms with Crippen LogP contribution in [-0.2, 0) is 11.8 Å². The molecule has 2 N–H and O–H groups in total. The first-order chi connectivity index (χ1) is 13.1. The van der Waals surface area contributed by atoms with Gasteiger partial charge in [-0.05, 0) is 85.7 Å². The van der Waals surface area contributed by atoms with Crippen LogP contribution in [0.4, 0.5) is 15.8 Å². The van der Waals surface area contributed by atoms with Gasteiger partial charge in [0.2, 0.25) is 0 Å². The zero-order valence-corrected chi connectivity index (χ0v) is 15.8. The third-order valence-electron chi connectivity index (χ3n) is 7.31. The van der Waals surface area contributed by atoms with Crippen molar-refractivity contribution in [2.75, 3.05) is 18.5 Å². The number of piperidine rings is 1. The molecule has 142 valence electrons. The molecule has 1 heterocycles. The summed E-state index contributed by atoms with van der Waals surface area (Å²) in [6, 6.07) is 11.2. The first kappa shape index (κ1) is 17.1. The van der Waals surface area contributed by atoms with Crippen molar-refractivity contribution in [2.24, 2.45) is 5.92 Å². The van der Waals surface area contributed by atoms with Gasteiger partial charge in [-0.1, -0.05) is 12.8 Å². The predicted octanol–water partition coefficient (Wildman–Crippen LogP) is 4.65. The molecule has 3 aliphatic rings. The quantitative estimate of drug-likeness (QED) is 0.812. The van der Waals surface area contributed by atoms with E-state index in [0.29, 0.717) is 17.7 Å². The first-order valence-corrected chi connectivity index (χ1v) is 10.2. The zero-order chi connectivity index (χ0) is 18.6. The number of nitrogens with one attached hydrogen (secondary N) is 1. The number of aromatic hydroxyl groups is 1. The maximum absolute atomic E-state index is 13.3. The van der Waals surface area contributed by atoms with E-state index in [2.05, 4.69) is 11.4 Å². The van der Waals surface area contributed by atoms with Gasteiger partial charge >= 0.3 is 0 Å². The molecule has 1 aliphatic heterocycles. The monoisotopic (exact) mass is 366 g/mol. The molecular weight excluding hydrogens is 339 g/mol. The Balaban J connectivity index is 1.59. The van der Waals surface area contributed by atoms with E-state index in [-0.39, 0.29) is 11.2 Å². The lowest BCUT2D eigenvalue weighted by Crippen LogP contribution is -2.59. The van der Waals surface area contributed by atoms with Gasteiger partial charge in [-0.25, -0.2) is 4.39 Å². The van der Waals surface area contributed by atoms with E-state index in [1.807, 2.05) is 18.0 Å². The summed E-state index contributed by atoms with van der Waals surface area (Å²) in [4.78, 5) is 1.95. The second kappa shape index (κ2) is 6.23. The Morgan fingerprint density at radius 2 is 1.96 bits per heavy atom. The largest absolute Gasteiger partial charge is 0.506 e. The zero-order valence-electron chi connectivity index (χ0n) is 15.8. The van der Waals surface area contributed by atoms with Crippen LogP contribution < -0.4 is 10.2 Å². The maximum Gasteiger partial charge on any atom is 0.139 e. The fourth-order valence-corrected chi connectivity index (χ4v) is 6.03. The molecule has 0 aromatic heterocycles. The van der Waals surface area contributed by atoms with Crippen molar-refractivity contribution in [3.63, 3.8) is 0 Å². The highest BCUT2D eigenvalue weighted by molar-refractivity contribution is 5.71. The molecule has 2 bridgehead atoms. The van der Waals surface area contributed by atoms with Gasteiger partial charge in [0.1, 0.15) is 11.6 Å². The average molecular weight is 366 g/mol. The van der Waals surface area contributed by atoms with E-state index in [4.69, 9.17) is 0 Å². The van der Waals surface area contributed by atoms with E-state index in [1.165, 1.54) is 55.4 Å². The fraction of sp³-hybridized carbons (Fsp3) is 0.478. The van der Waals surface area contributed by atoms with Crippen molar-refractivity contribution in [3.8, 4) is 5.75 Å². The number of hydrogen-bond donors (Lipinski definition) is 2. The van der Waals surface area contributed by atoms with Gasteiger partial charge in [-0.3, -0.25) is 0 Å². The molecule has 0 unspecified atom stereocenters. The summed E-state index contributed by atoms with van der Waals surface area (Å²) >= 11 is 0. The van der Waals surface area contributed by atoms with Crippen molar-refractivity contribution in [1.29, 1.82) is 0 Å². The molecule has 4 heteroatoms. The Kier molecular flexibility index (Phi) is 3.94. The highest BCUT2D eigenvalue weighted by Gasteiger charge is 2.51. The lowest BCUT2D eigenvalue weighted by Gasteiger charge is -2.56. The van der Waals surface area contributed by atoms with Crippen LogP contribution in [0.25, 0.3) is 0 Å². The van der Waals surface area contributed by atoms with Gasteiger partial charge in [-0.2, -0.15) is 0 Å². The summed E-state index contributed by atoms with van der Waals surface area (Å²) in [5, 5.41) is 14.7. The summed E-state index contributed by atoms with van der Waals surface area (Å²) < 4.78 is 13.3. The number of phenols is 1. The lowest BCUT2D eigenvalue weighted by atomic mass is 9.53. The lowest BCUT2D eigenvalue weighted by molar-refractivity contribution is 0.0796. The third-order valence-corrected chi connectivity index (χ3v) is 7.31. The Labute approximate surface area is 160 Å². The molecular formula is C23H27FN2O. The van der Waals surface area contributed by atoms with E-state index in [0.717, 1.165) is 24.3 Å². The van der Waals surface area contributed by atoms with Crippen molar-refractivity contribution >= 4 is 11.4 Å². The number of hydrogen-bond acceptors (Lipinski definition) is 3. The Hall–Kier alpha value is -2.07. The van der Waals surface area contributed by atoms with Crippen molar-refractivity contribution in [1.82, 2.24) is 5.32 Å². The normalized spacial score (nSPS) is 29.0. The SMILES string of the molecule is CN(c1ccc(F)cc1)c1cc2c(cc1O)[C@@]13CCCC[C@H]1[C@@H](C2)NCC3. The van der Waals surface area contributed by atoms with Gasteiger partial charge in [0, 0.05) is 24.2 Å². The summed E-state index contributed by atoms with van der Waals surface area (Å²) in [6.45, 7) is 1.08. The average Bonchev–Trinajstić information content (AvgIpc) is 2.68.